The fourth-order valence-electron chi connectivity index (χ4n) is 4.42. The van der Waals surface area contributed by atoms with E-state index in [2.05, 4.69) is 21.9 Å². The van der Waals surface area contributed by atoms with Crippen molar-refractivity contribution in [3.8, 4) is 11.5 Å². The lowest BCUT2D eigenvalue weighted by Crippen LogP contribution is -2.38. The number of nitrogens with two attached hydrogens (primary N) is 1. The van der Waals surface area contributed by atoms with Gasteiger partial charge in [-0.3, -0.25) is 14.3 Å². The van der Waals surface area contributed by atoms with E-state index in [4.69, 9.17) is 10.2 Å². The first kappa shape index (κ1) is 20.0. The number of aromatic amines is 1. The van der Waals surface area contributed by atoms with Gasteiger partial charge in [-0.2, -0.15) is 10.2 Å². The lowest BCUT2D eigenvalue weighted by molar-refractivity contribution is -0.127. The van der Waals surface area contributed by atoms with Crippen LogP contribution in [0.2, 0.25) is 0 Å². The SMILES string of the molecule is C=CC(=O)N1CCC(n2nc3c(=O)[nH]nc(N)c3c2-c2oc3ccc(F)cc3c2C)CC1. The Bertz CT molecular complexity index is 1440. The quantitative estimate of drug-likeness (QED) is 0.476. The van der Waals surface area contributed by atoms with E-state index < -0.39 is 5.56 Å². The van der Waals surface area contributed by atoms with E-state index in [9.17, 15) is 14.0 Å². The highest BCUT2D eigenvalue weighted by Crippen LogP contribution is 2.40. The molecule has 10 heteroatoms. The molecule has 0 atom stereocenters. The first-order valence-electron chi connectivity index (χ1n) is 10.3. The summed E-state index contributed by atoms with van der Waals surface area (Å²) in [5.41, 5.74) is 7.60. The second-order valence-electron chi connectivity index (χ2n) is 7.91. The van der Waals surface area contributed by atoms with Gasteiger partial charge < -0.3 is 15.1 Å². The number of fused-ring (bicyclic) bond motifs is 2. The molecule has 1 amide bonds. The number of benzene rings is 1. The lowest BCUT2D eigenvalue weighted by Gasteiger charge is -2.32. The van der Waals surface area contributed by atoms with Crippen LogP contribution in [0.25, 0.3) is 33.3 Å². The molecule has 0 saturated carbocycles. The van der Waals surface area contributed by atoms with Gasteiger partial charge in [-0.05, 0) is 44.0 Å². The summed E-state index contributed by atoms with van der Waals surface area (Å²) in [5, 5.41) is 11.9. The largest absolute Gasteiger partial charge is 0.454 e. The van der Waals surface area contributed by atoms with Crippen molar-refractivity contribution in [2.75, 3.05) is 18.8 Å². The fourth-order valence-corrected chi connectivity index (χ4v) is 4.42. The number of hydrogen-bond acceptors (Lipinski definition) is 6. The number of anilines is 1. The van der Waals surface area contributed by atoms with Gasteiger partial charge in [-0.25, -0.2) is 9.49 Å². The van der Waals surface area contributed by atoms with Crippen molar-refractivity contribution in [1.29, 1.82) is 0 Å². The maximum atomic E-state index is 13.9. The van der Waals surface area contributed by atoms with Crippen LogP contribution in [0, 0.1) is 12.7 Å². The number of rotatable bonds is 3. The minimum atomic E-state index is -0.465. The van der Waals surface area contributed by atoms with Crippen molar-refractivity contribution in [3.63, 3.8) is 0 Å². The molecule has 3 N–H and O–H groups in total. The Morgan fingerprint density at radius 1 is 1.38 bits per heavy atom. The van der Waals surface area contributed by atoms with Crippen molar-refractivity contribution >= 4 is 33.6 Å². The predicted octanol–water partition coefficient (Wildman–Crippen LogP) is 2.91. The average Bonchev–Trinajstić information content (AvgIpc) is 3.35. The Hall–Kier alpha value is -3.95. The van der Waals surface area contributed by atoms with Crippen LogP contribution in [0.4, 0.5) is 10.2 Å². The van der Waals surface area contributed by atoms with Crippen LogP contribution < -0.4 is 11.3 Å². The number of furan rings is 1. The van der Waals surface area contributed by atoms with Gasteiger partial charge in [0.15, 0.2) is 17.1 Å². The van der Waals surface area contributed by atoms with Crippen LogP contribution in [-0.2, 0) is 4.79 Å². The minimum Gasteiger partial charge on any atom is -0.454 e. The van der Waals surface area contributed by atoms with Crippen LogP contribution in [0.5, 0.6) is 0 Å². The monoisotopic (exact) mass is 436 g/mol. The number of carbonyl (C=O) groups excluding carboxylic acids is 1. The summed E-state index contributed by atoms with van der Waals surface area (Å²) in [6, 6.07) is 4.21. The molecule has 5 rings (SSSR count). The molecule has 32 heavy (non-hydrogen) atoms. The third-order valence-electron chi connectivity index (χ3n) is 6.07. The van der Waals surface area contributed by atoms with Crippen molar-refractivity contribution in [3.05, 3.63) is 52.6 Å². The van der Waals surface area contributed by atoms with Gasteiger partial charge in [0, 0.05) is 24.0 Å². The van der Waals surface area contributed by atoms with Crippen molar-refractivity contribution in [2.24, 2.45) is 0 Å². The van der Waals surface area contributed by atoms with Crippen molar-refractivity contribution in [1.82, 2.24) is 24.9 Å². The molecule has 9 nitrogen and oxygen atoms in total. The molecule has 0 radical (unpaired) electrons. The van der Waals surface area contributed by atoms with Crippen molar-refractivity contribution in [2.45, 2.75) is 25.8 Å². The Labute approximate surface area is 181 Å². The van der Waals surface area contributed by atoms with E-state index in [1.54, 1.807) is 15.6 Å². The lowest BCUT2D eigenvalue weighted by atomic mass is 10.0. The fraction of sp³-hybridized carbons (Fsp3) is 0.273. The number of carbonyl (C=O) groups is 1. The van der Waals surface area contributed by atoms with E-state index in [0.717, 1.165) is 0 Å². The molecule has 1 fully saturated rings. The van der Waals surface area contributed by atoms with E-state index >= 15 is 0 Å². The van der Waals surface area contributed by atoms with Crippen LogP contribution in [0.1, 0.15) is 24.4 Å². The molecular weight excluding hydrogens is 415 g/mol. The molecular formula is C22H21FN6O3. The first-order valence-corrected chi connectivity index (χ1v) is 10.3. The van der Waals surface area contributed by atoms with Crippen LogP contribution in [0.3, 0.4) is 0 Å². The number of likely N-dealkylation sites (tertiary alicyclic amines) is 1. The first-order chi connectivity index (χ1) is 15.4. The van der Waals surface area contributed by atoms with Gasteiger partial charge in [0.05, 0.1) is 11.4 Å². The van der Waals surface area contributed by atoms with E-state index in [1.165, 1.54) is 18.2 Å². The van der Waals surface area contributed by atoms with Gasteiger partial charge in [0.2, 0.25) is 5.91 Å². The molecule has 0 unspecified atom stereocenters. The zero-order valence-corrected chi connectivity index (χ0v) is 17.4. The minimum absolute atomic E-state index is 0.102. The number of aryl methyl sites for hydroxylation is 1. The third kappa shape index (κ3) is 2.98. The molecule has 1 aliphatic heterocycles. The molecule has 4 aromatic rings. The summed E-state index contributed by atoms with van der Waals surface area (Å²) in [4.78, 5) is 26.2. The Kier molecular flexibility index (Phi) is 4.58. The smallest absolute Gasteiger partial charge is 0.292 e. The molecule has 164 valence electrons. The maximum Gasteiger partial charge on any atom is 0.292 e. The number of nitrogen functional groups attached to an aromatic ring is 1. The summed E-state index contributed by atoms with van der Waals surface area (Å²) >= 11 is 0. The number of nitrogens with zero attached hydrogens (tertiary/aromatic N) is 4. The number of hydrogen-bond donors (Lipinski definition) is 2. The number of nitrogens with one attached hydrogen (secondary N) is 1. The molecule has 3 aromatic heterocycles. The van der Waals surface area contributed by atoms with Crippen molar-refractivity contribution < 1.29 is 13.6 Å². The normalized spacial score (nSPS) is 15.0. The molecule has 0 spiro atoms. The highest BCUT2D eigenvalue weighted by atomic mass is 19.1. The second-order valence-corrected chi connectivity index (χ2v) is 7.91. The zero-order valence-electron chi connectivity index (χ0n) is 17.4. The molecule has 1 saturated heterocycles. The van der Waals surface area contributed by atoms with Crippen LogP contribution >= 0.6 is 0 Å². The number of H-pyrrole nitrogens is 1. The number of piperidine rings is 1. The predicted molar refractivity (Wildman–Crippen MR) is 118 cm³/mol. The summed E-state index contributed by atoms with van der Waals surface area (Å²) in [7, 11) is 0. The van der Waals surface area contributed by atoms with Gasteiger partial charge in [0.1, 0.15) is 17.1 Å². The summed E-state index contributed by atoms with van der Waals surface area (Å²) in [5.74, 6) is 0.0838. The zero-order chi connectivity index (χ0) is 22.6. The summed E-state index contributed by atoms with van der Waals surface area (Å²) in [6.45, 7) is 6.42. The summed E-state index contributed by atoms with van der Waals surface area (Å²) in [6.07, 6.45) is 2.55. The highest BCUT2D eigenvalue weighted by Gasteiger charge is 2.30. The molecule has 1 aliphatic rings. The maximum absolute atomic E-state index is 13.9. The average molecular weight is 436 g/mol. The van der Waals surface area contributed by atoms with E-state index in [0.29, 0.717) is 59.3 Å². The standard InChI is InChI=1S/C22H21FN6O3/c1-3-16(30)28-8-6-13(7-9-28)29-19(17-18(27-29)22(31)26-25-21(17)24)20-11(2)14-10-12(23)4-5-15(14)32-20/h3-5,10,13H,1,6-9H2,2H3,(H2,24,25)(H,26,31). The molecule has 0 bridgehead atoms. The summed E-state index contributed by atoms with van der Waals surface area (Å²) < 4.78 is 21.7. The van der Waals surface area contributed by atoms with E-state index in [1.807, 2.05) is 6.92 Å². The molecule has 0 aliphatic carbocycles. The Balaban J connectivity index is 1.71. The highest BCUT2D eigenvalue weighted by molar-refractivity contribution is 6.01. The van der Waals surface area contributed by atoms with Gasteiger partial charge in [-0.1, -0.05) is 6.58 Å². The number of halogens is 1. The third-order valence-corrected chi connectivity index (χ3v) is 6.07. The second kappa shape index (κ2) is 7.33. The van der Waals surface area contributed by atoms with Gasteiger partial charge in [-0.15, -0.1) is 0 Å². The Morgan fingerprint density at radius 3 is 2.84 bits per heavy atom. The number of aromatic nitrogens is 4. The molecule has 4 heterocycles. The van der Waals surface area contributed by atoms with Gasteiger partial charge >= 0.3 is 0 Å². The Morgan fingerprint density at radius 2 is 2.12 bits per heavy atom. The number of amides is 1. The van der Waals surface area contributed by atoms with Crippen LogP contribution in [0.15, 0.2) is 40.1 Å². The molecule has 1 aromatic carbocycles. The van der Waals surface area contributed by atoms with E-state index in [-0.39, 0.29) is 29.1 Å². The van der Waals surface area contributed by atoms with Crippen LogP contribution in [-0.4, -0.2) is 43.9 Å². The van der Waals surface area contributed by atoms with Gasteiger partial charge in [0.25, 0.3) is 5.56 Å². The topological polar surface area (TPSA) is 123 Å².